The highest BCUT2D eigenvalue weighted by atomic mass is 16.5. The number of para-hydroxylation sites is 2. The summed E-state index contributed by atoms with van der Waals surface area (Å²) in [6.45, 7) is 5.38. The molecule has 0 spiro atoms. The summed E-state index contributed by atoms with van der Waals surface area (Å²) in [5.74, 6) is 0.907. The van der Waals surface area contributed by atoms with Crippen molar-refractivity contribution in [2.24, 2.45) is 5.73 Å². The molecule has 0 fully saturated rings. The molecule has 0 heterocycles. The fourth-order valence-corrected chi connectivity index (χ4v) is 2.22. The summed E-state index contributed by atoms with van der Waals surface area (Å²) in [6.07, 6.45) is 0.213. The maximum absolute atomic E-state index is 10.8. The maximum Gasteiger partial charge on any atom is 0.220 e. The first-order chi connectivity index (χ1) is 11.1. The SMILES string of the molecule is CC(C)c1ccc(CNc2ccccc2OCCC(N)=O)cc1. The van der Waals surface area contributed by atoms with Gasteiger partial charge in [0, 0.05) is 6.54 Å². The van der Waals surface area contributed by atoms with Gasteiger partial charge in [-0.2, -0.15) is 0 Å². The summed E-state index contributed by atoms with van der Waals surface area (Å²) < 4.78 is 5.62. The topological polar surface area (TPSA) is 64.3 Å². The van der Waals surface area contributed by atoms with Crippen molar-refractivity contribution in [2.75, 3.05) is 11.9 Å². The minimum atomic E-state index is -0.360. The van der Waals surface area contributed by atoms with Gasteiger partial charge in [0.15, 0.2) is 0 Å². The third-order valence-electron chi connectivity index (χ3n) is 3.62. The Balaban J connectivity index is 1.95. The van der Waals surface area contributed by atoms with Crippen LogP contribution in [0.25, 0.3) is 0 Å². The second kappa shape index (κ2) is 8.22. The van der Waals surface area contributed by atoms with Gasteiger partial charge in [0.25, 0.3) is 0 Å². The molecule has 0 saturated heterocycles. The molecule has 2 aromatic carbocycles. The van der Waals surface area contributed by atoms with Crippen molar-refractivity contribution in [1.82, 2.24) is 0 Å². The lowest BCUT2D eigenvalue weighted by atomic mass is 10.0. The first-order valence-electron chi connectivity index (χ1n) is 7.89. The summed E-state index contributed by atoms with van der Waals surface area (Å²) in [5, 5.41) is 3.38. The largest absolute Gasteiger partial charge is 0.491 e. The van der Waals surface area contributed by atoms with E-state index in [2.05, 4.69) is 43.4 Å². The number of benzene rings is 2. The van der Waals surface area contributed by atoms with Crippen molar-refractivity contribution >= 4 is 11.6 Å². The number of carbonyl (C=O) groups excluding carboxylic acids is 1. The van der Waals surface area contributed by atoms with Crippen LogP contribution in [0.4, 0.5) is 5.69 Å². The molecule has 3 N–H and O–H groups in total. The molecule has 0 radical (unpaired) electrons. The molecule has 0 atom stereocenters. The van der Waals surface area contributed by atoms with Crippen LogP contribution in [-0.2, 0) is 11.3 Å². The van der Waals surface area contributed by atoms with Crippen molar-refractivity contribution < 1.29 is 9.53 Å². The van der Waals surface area contributed by atoms with Gasteiger partial charge in [-0.05, 0) is 29.2 Å². The number of primary amides is 1. The number of carbonyl (C=O) groups is 1. The van der Waals surface area contributed by atoms with Gasteiger partial charge < -0.3 is 15.8 Å². The predicted molar refractivity (Wildman–Crippen MR) is 93.6 cm³/mol. The smallest absolute Gasteiger partial charge is 0.220 e. The summed E-state index contributed by atoms with van der Waals surface area (Å²) >= 11 is 0. The first kappa shape index (κ1) is 16.9. The molecule has 122 valence electrons. The number of amides is 1. The highest BCUT2D eigenvalue weighted by molar-refractivity contribution is 5.73. The van der Waals surface area contributed by atoms with Crippen LogP contribution in [-0.4, -0.2) is 12.5 Å². The van der Waals surface area contributed by atoms with Crippen LogP contribution in [0.15, 0.2) is 48.5 Å². The summed E-state index contributed by atoms with van der Waals surface area (Å²) in [4.78, 5) is 10.8. The third kappa shape index (κ3) is 5.33. The average molecular weight is 312 g/mol. The zero-order valence-corrected chi connectivity index (χ0v) is 13.7. The van der Waals surface area contributed by atoms with Crippen molar-refractivity contribution in [3.05, 3.63) is 59.7 Å². The normalized spacial score (nSPS) is 10.6. The van der Waals surface area contributed by atoms with Gasteiger partial charge in [0.05, 0.1) is 18.7 Å². The first-order valence-corrected chi connectivity index (χ1v) is 7.89. The van der Waals surface area contributed by atoms with E-state index >= 15 is 0 Å². The highest BCUT2D eigenvalue weighted by Crippen LogP contribution is 2.24. The van der Waals surface area contributed by atoms with E-state index in [4.69, 9.17) is 10.5 Å². The van der Waals surface area contributed by atoms with Gasteiger partial charge in [-0.25, -0.2) is 0 Å². The van der Waals surface area contributed by atoms with Gasteiger partial charge in [0.2, 0.25) is 5.91 Å². The van der Waals surface area contributed by atoms with E-state index in [1.54, 1.807) is 0 Å². The Kier molecular flexibility index (Phi) is 6.03. The second-order valence-electron chi connectivity index (χ2n) is 5.81. The summed E-state index contributed by atoms with van der Waals surface area (Å²) in [7, 11) is 0. The van der Waals surface area contributed by atoms with E-state index in [0.29, 0.717) is 12.5 Å². The molecule has 23 heavy (non-hydrogen) atoms. The Hall–Kier alpha value is -2.49. The molecule has 0 bridgehead atoms. The molecule has 1 amide bonds. The zero-order valence-electron chi connectivity index (χ0n) is 13.7. The molecular formula is C19H24N2O2. The lowest BCUT2D eigenvalue weighted by molar-refractivity contribution is -0.118. The Bertz CT molecular complexity index is 636. The minimum Gasteiger partial charge on any atom is -0.491 e. The Morgan fingerprint density at radius 3 is 2.48 bits per heavy atom. The van der Waals surface area contributed by atoms with E-state index in [-0.39, 0.29) is 18.9 Å². The lowest BCUT2D eigenvalue weighted by Gasteiger charge is -2.13. The quantitative estimate of drug-likeness (QED) is 0.781. The molecule has 4 heteroatoms. The number of hydrogen-bond acceptors (Lipinski definition) is 3. The lowest BCUT2D eigenvalue weighted by Crippen LogP contribution is -2.15. The van der Waals surface area contributed by atoms with Gasteiger partial charge >= 0.3 is 0 Å². The van der Waals surface area contributed by atoms with Crippen LogP contribution < -0.4 is 15.8 Å². The number of hydrogen-bond donors (Lipinski definition) is 2. The minimum absolute atomic E-state index is 0.213. The maximum atomic E-state index is 10.8. The Morgan fingerprint density at radius 1 is 1.13 bits per heavy atom. The van der Waals surface area contributed by atoms with Crippen molar-refractivity contribution in [2.45, 2.75) is 32.7 Å². The molecule has 2 rings (SSSR count). The van der Waals surface area contributed by atoms with Crippen LogP contribution in [0, 0.1) is 0 Å². The Morgan fingerprint density at radius 2 is 1.83 bits per heavy atom. The number of nitrogens with one attached hydrogen (secondary N) is 1. The molecule has 0 unspecified atom stereocenters. The van der Waals surface area contributed by atoms with Crippen molar-refractivity contribution in [3.8, 4) is 5.75 Å². The van der Waals surface area contributed by atoms with Crippen LogP contribution in [0.2, 0.25) is 0 Å². The van der Waals surface area contributed by atoms with Gasteiger partial charge in [-0.15, -0.1) is 0 Å². The number of rotatable bonds is 8. The fourth-order valence-electron chi connectivity index (χ4n) is 2.22. The highest BCUT2D eigenvalue weighted by Gasteiger charge is 2.04. The van der Waals surface area contributed by atoms with Gasteiger partial charge in [-0.1, -0.05) is 50.2 Å². The van der Waals surface area contributed by atoms with E-state index in [1.807, 2.05) is 24.3 Å². The second-order valence-corrected chi connectivity index (χ2v) is 5.81. The molecule has 0 aliphatic heterocycles. The van der Waals surface area contributed by atoms with Crippen molar-refractivity contribution in [1.29, 1.82) is 0 Å². The van der Waals surface area contributed by atoms with Gasteiger partial charge in [0.1, 0.15) is 5.75 Å². The molecule has 0 aliphatic carbocycles. The van der Waals surface area contributed by atoms with E-state index < -0.39 is 0 Å². The molecule has 4 nitrogen and oxygen atoms in total. The van der Waals surface area contributed by atoms with E-state index in [0.717, 1.165) is 11.4 Å². The molecule has 2 aromatic rings. The van der Waals surface area contributed by atoms with Gasteiger partial charge in [-0.3, -0.25) is 4.79 Å². The fraction of sp³-hybridized carbons (Fsp3) is 0.316. The predicted octanol–water partition coefficient (Wildman–Crippen LogP) is 3.68. The van der Waals surface area contributed by atoms with Crippen molar-refractivity contribution in [3.63, 3.8) is 0 Å². The molecule has 0 aromatic heterocycles. The van der Waals surface area contributed by atoms with Crippen LogP contribution in [0.1, 0.15) is 37.3 Å². The standard InChI is InChI=1S/C19H24N2O2/c1-14(2)16-9-7-15(8-10-16)13-21-17-5-3-4-6-18(17)23-12-11-19(20)22/h3-10,14,21H,11-13H2,1-2H3,(H2,20,22). The van der Waals surface area contributed by atoms with Crippen LogP contribution >= 0.6 is 0 Å². The van der Waals surface area contributed by atoms with E-state index in [1.165, 1.54) is 11.1 Å². The number of ether oxygens (including phenoxy) is 1. The average Bonchev–Trinajstić information content (AvgIpc) is 2.54. The third-order valence-corrected chi connectivity index (χ3v) is 3.62. The van der Waals surface area contributed by atoms with Crippen LogP contribution in [0.5, 0.6) is 5.75 Å². The van der Waals surface area contributed by atoms with Crippen LogP contribution in [0.3, 0.4) is 0 Å². The summed E-state index contributed by atoms with van der Waals surface area (Å²) in [6, 6.07) is 16.3. The zero-order chi connectivity index (χ0) is 16.7. The molecule has 0 saturated carbocycles. The Labute approximate surface area is 137 Å². The number of nitrogens with two attached hydrogens (primary N) is 1. The molecule has 0 aliphatic rings. The van der Waals surface area contributed by atoms with E-state index in [9.17, 15) is 4.79 Å². The monoisotopic (exact) mass is 312 g/mol. The number of anilines is 1. The summed E-state index contributed by atoms with van der Waals surface area (Å²) in [5.41, 5.74) is 8.58. The molecular weight excluding hydrogens is 288 g/mol.